The van der Waals surface area contributed by atoms with E-state index in [0.29, 0.717) is 23.8 Å². The summed E-state index contributed by atoms with van der Waals surface area (Å²) in [5.74, 6) is 0.463. The maximum atomic E-state index is 13.1. The van der Waals surface area contributed by atoms with Crippen LogP contribution in [0, 0.1) is 5.82 Å². The zero-order chi connectivity index (χ0) is 15.5. The van der Waals surface area contributed by atoms with Crippen LogP contribution in [-0.2, 0) is 6.42 Å². The van der Waals surface area contributed by atoms with Crippen LogP contribution in [0.2, 0.25) is 5.02 Å². The van der Waals surface area contributed by atoms with Crippen molar-refractivity contribution in [3.8, 4) is 11.5 Å². The van der Waals surface area contributed by atoms with Gasteiger partial charge in [-0.2, -0.15) is 0 Å². The Morgan fingerprint density at radius 2 is 2.05 bits per heavy atom. The minimum Gasteiger partial charge on any atom is -0.421 e. The molecule has 2 rings (SSSR count). The number of nitrogens with zero attached hydrogens (tertiary/aromatic N) is 2. The monoisotopic (exact) mass is 311 g/mol. The molecule has 1 aromatic heterocycles. The van der Waals surface area contributed by atoms with E-state index >= 15 is 0 Å². The molecule has 0 amide bonds. The van der Waals surface area contributed by atoms with Gasteiger partial charge in [0.1, 0.15) is 5.82 Å². The molecule has 0 saturated heterocycles. The first-order valence-electron chi connectivity index (χ1n) is 6.88. The normalized spacial score (nSPS) is 11.9. The second-order valence-corrected chi connectivity index (χ2v) is 6.32. The van der Waals surface area contributed by atoms with Crippen molar-refractivity contribution in [3.63, 3.8) is 0 Å². The highest BCUT2D eigenvalue weighted by molar-refractivity contribution is 6.31. The van der Waals surface area contributed by atoms with Crippen LogP contribution in [0.3, 0.4) is 0 Å². The fourth-order valence-corrected chi connectivity index (χ4v) is 1.98. The average Bonchev–Trinajstić information content (AvgIpc) is 2.86. The molecule has 0 unspecified atom stereocenters. The third-order valence-electron chi connectivity index (χ3n) is 2.86. The van der Waals surface area contributed by atoms with Gasteiger partial charge >= 0.3 is 0 Å². The second kappa shape index (κ2) is 6.54. The van der Waals surface area contributed by atoms with Crippen LogP contribution >= 0.6 is 11.6 Å². The Bertz CT molecular complexity index is 607. The lowest BCUT2D eigenvalue weighted by Crippen LogP contribution is -2.36. The Labute approximate surface area is 128 Å². The van der Waals surface area contributed by atoms with Crippen LogP contribution in [0.5, 0.6) is 0 Å². The molecule has 0 fully saturated rings. The summed E-state index contributed by atoms with van der Waals surface area (Å²) in [7, 11) is 0. The molecule has 0 saturated carbocycles. The largest absolute Gasteiger partial charge is 0.421 e. The standard InChI is InChI=1S/C15H19ClFN3O/c1-15(2,3)18-8-4-5-13-19-20-14(21-13)10-6-7-12(17)11(16)9-10/h6-7,9,18H,4-5,8H2,1-3H3. The van der Waals surface area contributed by atoms with Gasteiger partial charge in [-0.25, -0.2) is 4.39 Å². The third kappa shape index (κ3) is 4.79. The molecule has 0 radical (unpaired) electrons. The van der Waals surface area contributed by atoms with Crippen molar-refractivity contribution in [1.29, 1.82) is 0 Å². The molecule has 6 heteroatoms. The minimum atomic E-state index is -0.464. The SMILES string of the molecule is CC(C)(C)NCCCc1nnc(-c2ccc(F)c(Cl)c2)o1. The van der Waals surface area contributed by atoms with Crippen LogP contribution in [0.1, 0.15) is 33.1 Å². The lowest BCUT2D eigenvalue weighted by molar-refractivity contribution is 0.412. The lowest BCUT2D eigenvalue weighted by atomic mass is 10.1. The highest BCUT2D eigenvalue weighted by Gasteiger charge is 2.11. The quantitative estimate of drug-likeness (QED) is 0.852. The van der Waals surface area contributed by atoms with E-state index in [0.717, 1.165) is 13.0 Å². The van der Waals surface area contributed by atoms with E-state index in [4.69, 9.17) is 16.0 Å². The fourth-order valence-electron chi connectivity index (χ4n) is 1.80. The topological polar surface area (TPSA) is 51.0 Å². The van der Waals surface area contributed by atoms with E-state index in [1.54, 1.807) is 6.07 Å². The summed E-state index contributed by atoms with van der Waals surface area (Å²) in [6.07, 6.45) is 1.61. The zero-order valence-electron chi connectivity index (χ0n) is 12.4. The third-order valence-corrected chi connectivity index (χ3v) is 3.15. The summed E-state index contributed by atoms with van der Waals surface area (Å²) in [4.78, 5) is 0. The summed E-state index contributed by atoms with van der Waals surface area (Å²) >= 11 is 5.74. The van der Waals surface area contributed by atoms with Crippen molar-refractivity contribution < 1.29 is 8.81 Å². The molecule has 0 atom stereocenters. The zero-order valence-corrected chi connectivity index (χ0v) is 13.2. The average molecular weight is 312 g/mol. The van der Waals surface area contributed by atoms with Gasteiger partial charge in [-0.3, -0.25) is 0 Å². The highest BCUT2D eigenvalue weighted by Crippen LogP contribution is 2.24. The number of nitrogens with one attached hydrogen (secondary N) is 1. The predicted molar refractivity (Wildman–Crippen MR) is 80.8 cm³/mol. The number of aryl methyl sites for hydroxylation is 1. The van der Waals surface area contributed by atoms with Crippen molar-refractivity contribution in [2.75, 3.05) is 6.54 Å². The molecular formula is C15H19ClFN3O. The molecule has 1 aromatic carbocycles. The van der Waals surface area contributed by atoms with Gasteiger partial charge < -0.3 is 9.73 Å². The number of benzene rings is 1. The Balaban J connectivity index is 1.93. The maximum Gasteiger partial charge on any atom is 0.247 e. The van der Waals surface area contributed by atoms with Crippen LogP contribution < -0.4 is 5.32 Å². The van der Waals surface area contributed by atoms with Gasteiger partial charge in [-0.1, -0.05) is 11.6 Å². The molecule has 1 heterocycles. The Morgan fingerprint density at radius 1 is 1.29 bits per heavy atom. The van der Waals surface area contributed by atoms with E-state index < -0.39 is 5.82 Å². The summed E-state index contributed by atoms with van der Waals surface area (Å²) in [6, 6.07) is 4.34. The molecule has 0 spiro atoms. The van der Waals surface area contributed by atoms with Crippen molar-refractivity contribution >= 4 is 11.6 Å². The first-order valence-corrected chi connectivity index (χ1v) is 7.26. The fraction of sp³-hybridized carbons (Fsp3) is 0.467. The molecule has 4 nitrogen and oxygen atoms in total. The second-order valence-electron chi connectivity index (χ2n) is 5.91. The summed E-state index contributed by atoms with van der Waals surface area (Å²) in [6.45, 7) is 7.24. The number of hydrogen-bond acceptors (Lipinski definition) is 4. The summed E-state index contributed by atoms with van der Waals surface area (Å²) in [5.41, 5.74) is 0.721. The minimum absolute atomic E-state index is 0.0432. The smallest absolute Gasteiger partial charge is 0.247 e. The number of hydrogen-bond donors (Lipinski definition) is 1. The van der Waals surface area contributed by atoms with Gasteiger partial charge in [0.25, 0.3) is 0 Å². The molecule has 21 heavy (non-hydrogen) atoms. The maximum absolute atomic E-state index is 13.1. The lowest BCUT2D eigenvalue weighted by Gasteiger charge is -2.19. The van der Waals surface area contributed by atoms with E-state index in [1.165, 1.54) is 12.1 Å². The van der Waals surface area contributed by atoms with Gasteiger partial charge in [0.05, 0.1) is 5.02 Å². The van der Waals surface area contributed by atoms with Gasteiger partial charge in [0, 0.05) is 17.5 Å². The van der Waals surface area contributed by atoms with Gasteiger partial charge in [-0.15, -0.1) is 10.2 Å². The Hall–Kier alpha value is -1.46. The molecule has 114 valence electrons. The van der Waals surface area contributed by atoms with Gasteiger partial charge in [0.15, 0.2) is 0 Å². The van der Waals surface area contributed by atoms with Crippen LogP contribution in [-0.4, -0.2) is 22.3 Å². The van der Waals surface area contributed by atoms with Crippen LogP contribution in [0.25, 0.3) is 11.5 Å². The van der Waals surface area contributed by atoms with E-state index in [-0.39, 0.29) is 10.6 Å². The molecule has 1 N–H and O–H groups in total. The molecule has 0 aliphatic carbocycles. The van der Waals surface area contributed by atoms with E-state index in [9.17, 15) is 4.39 Å². The Kier molecular flexibility index (Phi) is 4.96. The number of aromatic nitrogens is 2. The Morgan fingerprint density at radius 3 is 2.71 bits per heavy atom. The van der Waals surface area contributed by atoms with Gasteiger partial charge in [0.2, 0.25) is 11.8 Å². The van der Waals surface area contributed by atoms with Gasteiger partial charge in [-0.05, 0) is 51.9 Å². The van der Waals surface area contributed by atoms with Crippen LogP contribution in [0.4, 0.5) is 4.39 Å². The molecule has 0 aliphatic rings. The number of halogens is 2. The van der Waals surface area contributed by atoms with Crippen molar-refractivity contribution in [2.24, 2.45) is 0 Å². The predicted octanol–water partition coefficient (Wildman–Crippen LogP) is 3.85. The van der Waals surface area contributed by atoms with Crippen LogP contribution in [0.15, 0.2) is 22.6 Å². The summed E-state index contributed by atoms with van der Waals surface area (Å²) in [5, 5.41) is 11.4. The molecule has 2 aromatic rings. The highest BCUT2D eigenvalue weighted by atomic mass is 35.5. The van der Waals surface area contributed by atoms with E-state index in [2.05, 4.69) is 36.3 Å². The first-order chi connectivity index (χ1) is 9.85. The van der Waals surface area contributed by atoms with Crippen molar-refractivity contribution in [1.82, 2.24) is 15.5 Å². The summed E-state index contributed by atoms with van der Waals surface area (Å²) < 4.78 is 18.7. The first kappa shape index (κ1) is 15.9. The molecule has 0 aliphatic heterocycles. The van der Waals surface area contributed by atoms with E-state index in [1.807, 2.05) is 0 Å². The molecular weight excluding hydrogens is 293 g/mol. The molecule has 0 bridgehead atoms. The van der Waals surface area contributed by atoms with Crippen molar-refractivity contribution in [3.05, 3.63) is 34.9 Å². The van der Waals surface area contributed by atoms with Crippen molar-refractivity contribution in [2.45, 2.75) is 39.2 Å². The number of rotatable bonds is 5.